The molecular formula is C12H23NO3S. The minimum absolute atomic E-state index is 0.0933. The van der Waals surface area contributed by atoms with Gasteiger partial charge in [0.25, 0.3) is 0 Å². The van der Waals surface area contributed by atoms with Crippen molar-refractivity contribution in [1.29, 1.82) is 0 Å². The van der Waals surface area contributed by atoms with E-state index in [4.69, 9.17) is 5.11 Å². The molecule has 0 unspecified atom stereocenters. The molecule has 1 atom stereocenters. The molecule has 0 saturated carbocycles. The third kappa shape index (κ3) is 8.07. The van der Waals surface area contributed by atoms with Crippen molar-refractivity contribution in [3.8, 4) is 0 Å². The van der Waals surface area contributed by atoms with Gasteiger partial charge in [-0.25, -0.2) is 4.79 Å². The summed E-state index contributed by atoms with van der Waals surface area (Å²) in [6, 6.07) is -0.775. The maximum atomic E-state index is 11.5. The summed E-state index contributed by atoms with van der Waals surface area (Å²) in [6.07, 6.45) is 2.72. The molecule has 0 bridgehead atoms. The minimum atomic E-state index is -0.966. The van der Waals surface area contributed by atoms with Crippen molar-refractivity contribution in [2.75, 3.05) is 11.5 Å². The lowest BCUT2D eigenvalue weighted by Crippen LogP contribution is -2.44. The molecule has 0 radical (unpaired) electrons. The fraction of sp³-hybridized carbons (Fsp3) is 0.833. The van der Waals surface area contributed by atoms with Gasteiger partial charge in [-0.2, -0.15) is 11.8 Å². The van der Waals surface area contributed by atoms with E-state index in [0.29, 0.717) is 6.42 Å². The number of carbonyl (C=O) groups is 2. The Morgan fingerprint density at radius 3 is 2.41 bits per heavy atom. The fourth-order valence-corrected chi connectivity index (χ4v) is 2.30. The maximum absolute atomic E-state index is 11.5. The van der Waals surface area contributed by atoms with Gasteiger partial charge in [0, 0.05) is 12.2 Å². The third-order valence-corrected chi connectivity index (χ3v) is 3.44. The highest BCUT2D eigenvalue weighted by Gasteiger charge is 2.22. The van der Waals surface area contributed by atoms with E-state index in [-0.39, 0.29) is 11.8 Å². The molecule has 0 aliphatic heterocycles. The number of aliphatic carboxylic acids is 1. The lowest BCUT2D eigenvalue weighted by molar-refractivity contribution is -0.143. The van der Waals surface area contributed by atoms with E-state index in [1.165, 1.54) is 0 Å². The largest absolute Gasteiger partial charge is 0.480 e. The number of unbranched alkanes of at least 4 members (excludes halogenated alkanes) is 1. The molecule has 0 aromatic rings. The number of rotatable bonds is 9. The first kappa shape index (κ1) is 16.3. The Morgan fingerprint density at radius 1 is 1.29 bits per heavy atom. The molecule has 0 aliphatic rings. The van der Waals surface area contributed by atoms with Gasteiger partial charge in [-0.1, -0.05) is 27.2 Å². The molecule has 2 N–H and O–H groups in total. The van der Waals surface area contributed by atoms with Crippen LogP contribution in [0.5, 0.6) is 0 Å². The Bertz CT molecular complexity index is 244. The van der Waals surface area contributed by atoms with Crippen molar-refractivity contribution >= 4 is 23.6 Å². The van der Waals surface area contributed by atoms with E-state index in [0.717, 1.165) is 24.3 Å². The van der Waals surface area contributed by atoms with Gasteiger partial charge in [0.05, 0.1) is 0 Å². The molecular weight excluding hydrogens is 238 g/mol. The minimum Gasteiger partial charge on any atom is -0.480 e. The van der Waals surface area contributed by atoms with Gasteiger partial charge in [0.1, 0.15) is 6.04 Å². The van der Waals surface area contributed by atoms with Crippen molar-refractivity contribution in [2.45, 2.75) is 46.1 Å². The van der Waals surface area contributed by atoms with E-state index in [1.54, 1.807) is 25.6 Å². The molecule has 5 heteroatoms. The predicted octanol–water partition coefficient (Wildman–Crippen LogP) is 2.14. The summed E-state index contributed by atoms with van der Waals surface area (Å²) in [5.74, 6) is 0.596. The summed E-state index contributed by atoms with van der Waals surface area (Å²) in [4.78, 5) is 22.4. The summed E-state index contributed by atoms with van der Waals surface area (Å²) in [5.41, 5.74) is 0. The number of carboxylic acids is 1. The van der Waals surface area contributed by atoms with E-state index in [2.05, 4.69) is 12.2 Å². The average Bonchev–Trinajstić information content (AvgIpc) is 2.24. The van der Waals surface area contributed by atoms with Gasteiger partial charge < -0.3 is 10.4 Å². The van der Waals surface area contributed by atoms with Gasteiger partial charge in [-0.15, -0.1) is 0 Å². The number of hydrogen-bond donors (Lipinski definition) is 2. The Kier molecular flexibility index (Phi) is 8.94. The number of hydrogen-bond acceptors (Lipinski definition) is 3. The van der Waals surface area contributed by atoms with Gasteiger partial charge in [-0.3, -0.25) is 4.79 Å². The zero-order chi connectivity index (χ0) is 13.3. The monoisotopic (exact) mass is 261 g/mol. The van der Waals surface area contributed by atoms with E-state index < -0.39 is 12.0 Å². The standard InChI is InChI=1S/C12H23NO3S/c1-4-5-7-17-8-6-10(14)13-11(9(2)3)12(15)16/h9,11H,4-8H2,1-3H3,(H,13,14)(H,15,16)/t11-/m0/s1. The quantitative estimate of drug-likeness (QED) is 0.624. The molecule has 0 rings (SSSR count). The number of nitrogens with one attached hydrogen (secondary N) is 1. The van der Waals surface area contributed by atoms with Gasteiger partial charge >= 0.3 is 5.97 Å². The number of carbonyl (C=O) groups excluding carboxylic acids is 1. The van der Waals surface area contributed by atoms with Crippen LogP contribution in [0.25, 0.3) is 0 Å². The molecule has 0 fully saturated rings. The van der Waals surface area contributed by atoms with Crippen molar-refractivity contribution in [1.82, 2.24) is 5.32 Å². The molecule has 17 heavy (non-hydrogen) atoms. The van der Waals surface area contributed by atoms with Gasteiger partial charge in [-0.05, 0) is 18.1 Å². The van der Waals surface area contributed by atoms with Crippen molar-refractivity contribution in [2.24, 2.45) is 5.92 Å². The lowest BCUT2D eigenvalue weighted by atomic mass is 10.0. The Morgan fingerprint density at radius 2 is 1.94 bits per heavy atom. The van der Waals surface area contributed by atoms with E-state index >= 15 is 0 Å². The van der Waals surface area contributed by atoms with Gasteiger partial charge in [0.15, 0.2) is 0 Å². The Balaban J connectivity index is 3.80. The van der Waals surface area contributed by atoms with E-state index in [9.17, 15) is 9.59 Å². The molecule has 0 spiro atoms. The SMILES string of the molecule is CCCCSCCC(=O)N[C@H](C(=O)O)C(C)C. The summed E-state index contributed by atoms with van der Waals surface area (Å²) in [5, 5.41) is 11.5. The van der Waals surface area contributed by atoms with Gasteiger partial charge in [0.2, 0.25) is 5.91 Å². The van der Waals surface area contributed by atoms with Crippen molar-refractivity contribution in [3.63, 3.8) is 0 Å². The first-order chi connectivity index (χ1) is 7.99. The molecule has 0 aromatic heterocycles. The Labute approximate surface area is 108 Å². The molecule has 0 heterocycles. The first-order valence-corrected chi connectivity index (χ1v) is 7.24. The summed E-state index contributed by atoms with van der Waals surface area (Å²) >= 11 is 1.74. The molecule has 1 amide bonds. The zero-order valence-electron chi connectivity index (χ0n) is 10.9. The van der Waals surface area contributed by atoms with Crippen LogP contribution in [-0.2, 0) is 9.59 Å². The molecule has 4 nitrogen and oxygen atoms in total. The zero-order valence-corrected chi connectivity index (χ0v) is 11.7. The fourth-order valence-electron chi connectivity index (χ4n) is 1.27. The second-order valence-corrected chi connectivity index (χ2v) is 5.57. The smallest absolute Gasteiger partial charge is 0.326 e. The maximum Gasteiger partial charge on any atom is 0.326 e. The topological polar surface area (TPSA) is 66.4 Å². The molecule has 0 saturated heterocycles. The number of thioether (sulfide) groups is 1. The Hall–Kier alpha value is -0.710. The highest BCUT2D eigenvalue weighted by Crippen LogP contribution is 2.07. The number of amides is 1. The second kappa shape index (κ2) is 9.33. The number of carboxylic acid groups (broad SMARTS) is 1. The van der Waals surface area contributed by atoms with E-state index in [1.807, 2.05) is 0 Å². The molecule has 0 aromatic carbocycles. The van der Waals surface area contributed by atoms with Crippen molar-refractivity contribution < 1.29 is 14.7 Å². The van der Waals surface area contributed by atoms with Crippen LogP contribution in [0, 0.1) is 5.92 Å². The molecule has 0 aliphatic carbocycles. The lowest BCUT2D eigenvalue weighted by Gasteiger charge is -2.17. The van der Waals surface area contributed by atoms with Crippen LogP contribution in [0.3, 0.4) is 0 Å². The average molecular weight is 261 g/mol. The second-order valence-electron chi connectivity index (χ2n) is 4.34. The third-order valence-electron chi connectivity index (χ3n) is 2.36. The van der Waals surface area contributed by atoms with Crippen LogP contribution in [0.2, 0.25) is 0 Å². The van der Waals surface area contributed by atoms with Crippen LogP contribution >= 0.6 is 11.8 Å². The summed E-state index contributed by atoms with van der Waals surface area (Å²) in [6.45, 7) is 5.71. The normalized spacial score (nSPS) is 12.5. The highest BCUT2D eigenvalue weighted by atomic mass is 32.2. The van der Waals surface area contributed by atoms with Crippen LogP contribution in [-0.4, -0.2) is 34.5 Å². The van der Waals surface area contributed by atoms with Crippen molar-refractivity contribution in [3.05, 3.63) is 0 Å². The van der Waals surface area contributed by atoms with Crippen LogP contribution in [0.1, 0.15) is 40.0 Å². The first-order valence-electron chi connectivity index (χ1n) is 6.09. The van der Waals surface area contributed by atoms with Crippen LogP contribution < -0.4 is 5.32 Å². The van der Waals surface area contributed by atoms with Crippen LogP contribution in [0.15, 0.2) is 0 Å². The van der Waals surface area contributed by atoms with Crippen LogP contribution in [0.4, 0.5) is 0 Å². The summed E-state index contributed by atoms with van der Waals surface area (Å²) in [7, 11) is 0. The molecule has 100 valence electrons. The highest BCUT2D eigenvalue weighted by molar-refractivity contribution is 7.99. The summed E-state index contributed by atoms with van der Waals surface area (Å²) < 4.78 is 0. The predicted molar refractivity (Wildman–Crippen MR) is 71.3 cm³/mol.